The second-order valence-corrected chi connectivity index (χ2v) is 7.08. The van der Waals surface area contributed by atoms with Crippen molar-refractivity contribution in [3.8, 4) is 11.5 Å². The number of aromatic hydroxyl groups is 2. The second-order valence-electron chi connectivity index (χ2n) is 6.70. The van der Waals surface area contributed by atoms with Crippen LogP contribution in [0.4, 0.5) is 4.39 Å². The van der Waals surface area contributed by atoms with Gasteiger partial charge in [-0.1, -0.05) is 35.0 Å². The predicted octanol–water partition coefficient (Wildman–Crippen LogP) is 3.46. The van der Waals surface area contributed by atoms with E-state index in [2.05, 4.69) is 5.16 Å². The molecule has 3 atom stereocenters. The van der Waals surface area contributed by atoms with E-state index in [4.69, 9.17) is 25.9 Å². The van der Waals surface area contributed by atoms with E-state index in [9.17, 15) is 19.4 Å². The molecule has 1 fully saturated rings. The Labute approximate surface area is 172 Å². The Balaban J connectivity index is 2.03. The van der Waals surface area contributed by atoms with E-state index in [1.165, 1.54) is 0 Å². The number of fused-ring (bicyclic) bond motifs is 2. The molecule has 3 rings (SSSR count). The average molecular weight is 426 g/mol. The molecule has 0 spiro atoms. The maximum absolute atomic E-state index is 12.7. The molecule has 7 nitrogen and oxygen atoms in total. The fourth-order valence-electron chi connectivity index (χ4n) is 3.02. The van der Waals surface area contributed by atoms with E-state index in [1.54, 1.807) is 25.2 Å². The minimum Gasteiger partial charge on any atom is -0.507 e. The van der Waals surface area contributed by atoms with Gasteiger partial charge in [-0.25, -0.2) is 9.18 Å². The molecule has 156 valence electrons. The number of carbonyl (C=O) groups excluding carboxylic acids is 1. The zero-order chi connectivity index (χ0) is 21.0. The summed E-state index contributed by atoms with van der Waals surface area (Å²) in [6.07, 6.45) is 6.75. The van der Waals surface area contributed by atoms with Crippen molar-refractivity contribution in [1.82, 2.24) is 0 Å². The molecule has 29 heavy (non-hydrogen) atoms. The summed E-state index contributed by atoms with van der Waals surface area (Å²) in [5, 5.41) is 24.0. The molecule has 1 saturated heterocycles. The summed E-state index contributed by atoms with van der Waals surface area (Å²) in [7, 11) is 0. The number of hydrogen-bond acceptors (Lipinski definition) is 7. The van der Waals surface area contributed by atoms with Crippen LogP contribution in [0.1, 0.15) is 29.3 Å². The van der Waals surface area contributed by atoms with Gasteiger partial charge in [0.15, 0.2) is 0 Å². The van der Waals surface area contributed by atoms with Crippen molar-refractivity contribution in [1.29, 1.82) is 0 Å². The van der Waals surface area contributed by atoms with Gasteiger partial charge in [0.2, 0.25) is 0 Å². The topological polar surface area (TPSA) is 101 Å². The van der Waals surface area contributed by atoms with Crippen molar-refractivity contribution in [3.05, 3.63) is 46.5 Å². The van der Waals surface area contributed by atoms with Gasteiger partial charge in [0, 0.05) is 18.9 Å². The number of oxime groups is 1. The van der Waals surface area contributed by atoms with Crippen LogP contribution in [-0.4, -0.2) is 53.5 Å². The van der Waals surface area contributed by atoms with Gasteiger partial charge in [0.25, 0.3) is 0 Å². The fourth-order valence-corrected chi connectivity index (χ4v) is 3.23. The SMILES string of the molecule is C[C@@H]1C[C@H]2O[C@@H]2\C=C/C=C/C(=N\OCCF)Cc2c(Cl)c(O)cc(O)c2C(=O)O1. The Hall–Kier alpha value is -2.58. The molecule has 0 aliphatic carbocycles. The number of benzene rings is 1. The first-order valence-electron chi connectivity index (χ1n) is 9.10. The molecule has 0 aromatic heterocycles. The standard InChI is InChI=1S/C20H21ClFNO6/c1-11-8-17-16(29-17)5-3-2-4-12(23-27-7-6-22)9-13-18(20(26)28-11)14(24)10-15(25)19(13)21/h2-5,10-11,16-17,24-25H,6-9H2,1H3/b4-2+,5-3-,23-12+/t11-,16-,17-/m1/s1. The van der Waals surface area contributed by atoms with Gasteiger partial charge in [-0.15, -0.1) is 0 Å². The van der Waals surface area contributed by atoms with Crippen LogP contribution in [0.2, 0.25) is 5.02 Å². The molecule has 1 aromatic carbocycles. The number of ether oxygens (including phenoxy) is 2. The van der Waals surface area contributed by atoms with Gasteiger partial charge in [0.1, 0.15) is 42.6 Å². The van der Waals surface area contributed by atoms with Gasteiger partial charge in [0.05, 0.1) is 16.8 Å². The van der Waals surface area contributed by atoms with E-state index < -0.39 is 30.2 Å². The molecular formula is C20H21ClFNO6. The van der Waals surface area contributed by atoms with Crippen LogP contribution in [0.15, 0.2) is 35.5 Å². The lowest BCUT2D eigenvalue weighted by molar-refractivity contribution is 0.0306. The fraction of sp³-hybridized carbons (Fsp3) is 0.400. The van der Waals surface area contributed by atoms with Crippen LogP contribution in [0.3, 0.4) is 0 Å². The van der Waals surface area contributed by atoms with E-state index in [0.717, 1.165) is 6.07 Å². The van der Waals surface area contributed by atoms with E-state index >= 15 is 0 Å². The van der Waals surface area contributed by atoms with Crippen molar-refractivity contribution >= 4 is 23.3 Å². The summed E-state index contributed by atoms with van der Waals surface area (Å²) in [6, 6.07) is 0.977. The number of allylic oxidation sites excluding steroid dienone is 3. The van der Waals surface area contributed by atoms with Crippen molar-refractivity contribution in [2.75, 3.05) is 13.3 Å². The maximum Gasteiger partial charge on any atom is 0.342 e. The number of carbonyl (C=O) groups is 1. The molecule has 2 heterocycles. The maximum atomic E-state index is 12.7. The van der Waals surface area contributed by atoms with Crippen molar-refractivity contribution < 1.29 is 33.7 Å². The number of phenols is 2. The highest BCUT2D eigenvalue weighted by molar-refractivity contribution is 6.33. The molecule has 0 radical (unpaired) electrons. The summed E-state index contributed by atoms with van der Waals surface area (Å²) < 4.78 is 23.3. The van der Waals surface area contributed by atoms with Gasteiger partial charge in [-0.3, -0.25) is 0 Å². The van der Waals surface area contributed by atoms with Crippen LogP contribution in [0, 0.1) is 0 Å². The monoisotopic (exact) mass is 425 g/mol. The lowest BCUT2D eigenvalue weighted by Crippen LogP contribution is -2.20. The summed E-state index contributed by atoms with van der Waals surface area (Å²) in [4.78, 5) is 17.7. The Bertz CT molecular complexity index is 869. The van der Waals surface area contributed by atoms with E-state index in [0.29, 0.717) is 12.1 Å². The number of epoxide rings is 1. The van der Waals surface area contributed by atoms with Crippen LogP contribution >= 0.6 is 11.6 Å². The van der Waals surface area contributed by atoms with Crippen LogP contribution in [0.25, 0.3) is 0 Å². The molecule has 0 unspecified atom stereocenters. The molecule has 2 aliphatic heterocycles. The molecular weight excluding hydrogens is 405 g/mol. The number of phenolic OH excluding ortho intramolecular Hbond substituents is 2. The first-order valence-corrected chi connectivity index (χ1v) is 9.48. The zero-order valence-electron chi connectivity index (χ0n) is 15.7. The lowest BCUT2D eigenvalue weighted by Gasteiger charge is -2.17. The average Bonchev–Trinajstić information content (AvgIpc) is 3.39. The summed E-state index contributed by atoms with van der Waals surface area (Å²) in [6.45, 7) is 0.767. The molecule has 0 amide bonds. The number of rotatable bonds is 3. The first-order chi connectivity index (χ1) is 13.9. The highest BCUT2D eigenvalue weighted by Crippen LogP contribution is 2.38. The first kappa shape index (κ1) is 21.1. The third-order valence-corrected chi connectivity index (χ3v) is 4.85. The summed E-state index contributed by atoms with van der Waals surface area (Å²) in [5.41, 5.74) is 0.240. The van der Waals surface area contributed by atoms with Crippen LogP contribution < -0.4 is 0 Å². The number of nitrogens with zero attached hydrogens (tertiary/aromatic N) is 1. The lowest BCUT2D eigenvalue weighted by atomic mass is 9.99. The normalized spacial score (nSPS) is 27.9. The highest BCUT2D eigenvalue weighted by atomic mass is 35.5. The van der Waals surface area contributed by atoms with Crippen LogP contribution in [0.5, 0.6) is 11.5 Å². The Kier molecular flexibility index (Phi) is 6.76. The van der Waals surface area contributed by atoms with Crippen molar-refractivity contribution in [3.63, 3.8) is 0 Å². The number of esters is 1. The zero-order valence-corrected chi connectivity index (χ0v) is 16.4. The number of halogens is 2. The van der Waals surface area contributed by atoms with Gasteiger partial charge >= 0.3 is 5.97 Å². The predicted molar refractivity (Wildman–Crippen MR) is 104 cm³/mol. The molecule has 1 aromatic rings. The van der Waals surface area contributed by atoms with Crippen LogP contribution in [-0.2, 0) is 20.7 Å². The third kappa shape index (κ3) is 5.27. The number of hydrogen-bond donors (Lipinski definition) is 2. The third-order valence-electron chi connectivity index (χ3n) is 4.43. The second kappa shape index (κ2) is 9.28. The van der Waals surface area contributed by atoms with Crippen molar-refractivity contribution in [2.45, 2.75) is 38.1 Å². The number of cyclic esters (lactones) is 1. The summed E-state index contributed by atoms with van der Waals surface area (Å²) in [5.74, 6) is -1.66. The Morgan fingerprint density at radius 2 is 2.14 bits per heavy atom. The molecule has 9 heteroatoms. The molecule has 0 saturated carbocycles. The van der Waals surface area contributed by atoms with Crippen molar-refractivity contribution in [2.24, 2.45) is 5.16 Å². The molecule has 2 N–H and O–H groups in total. The Morgan fingerprint density at radius 1 is 1.34 bits per heavy atom. The Morgan fingerprint density at radius 3 is 2.90 bits per heavy atom. The number of alkyl halides is 1. The van der Waals surface area contributed by atoms with E-state index in [-0.39, 0.29) is 41.4 Å². The van der Waals surface area contributed by atoms with Gasteiger partial charge in [-0.2, -0.15) is 0 Å². The molecule has 0 bridgehead atoms. The minimum atomic E-state index is -0.787. The largest absolute Gasteiger partial charge is 0.507 e. The molecule has 2 aliphatic rings. The van der Waals surface area contributed by atoms with Gasteiger partial charge in [-0.05, 0) is 18.6 Å². The quantitative estimate of drug-likeness (QED) is 0.333. The summed E-state index contributed by atoms with van der Waals surface area (Å²) >= 11 is 6.21. The minimum absolute atomic E-state index is 0.0668. The highest BCUT2D eigenvalue weighted by Gasteiger charge is 2.38. The smallest absolute Gasteiger partial charge is 0.342 e. The van der Waals surface area contributed by atoms with E-state index in [1.807, 2.05) is 6.08 Å². The van der Waals surface area contributed by atoms with Gasteiger partial charge < -0.3 is 24.5 Å².